The first-order valence-corrected chi connectivity index (χ1v) is 9.51. The summed E-state index contributed by atoms with van der Waals surface area (Å²) in [4.78, 5) is 40.2. The number of carbonyl (C=O) groups is 3. The highest BCUT2D eigenvalue weighted by Gasteiger charge is 2.62. The largest absolute Gasteiger partial charge is 0.447 e. The second-order valence-electron chi connectivity index (χ2n) is 7.98. The Labute approximate surface area is 163 Å². The number of Topliss-reactive ketones (excluding diaryl/α,β-unsaturated/α-hetero) is 1. The molecular weight excluding hydrogens is 365 g/mol. The Hall–Kier alpha value is -2.48. The minimum atomic E-state index is -1.39. The fourth-order valence-electron chi connectivity index (χ4n) is 3.91. The molecule has 2 aliphatic heterocycles. The number of hydrogen-bond acceptors (Lipinski definition) is 5. The van der Waals surface area contributed by atoms with E-state index in [2.05, 4.69) is 10.6 Å². The number of fused-ring (bicyclic) bond motifs is 2. The van der Waals surface area contributed by atoms with Gasteiger partial charge in [0.15, 0.2) is 11.3 Å². The summed E-state index contributed by atoms with van der Waals surface area (Å²) < 4.78 is 18.3. The van der Waals surface area contributed by atoms with Crippen molar-refractivity contribution in [2.45, 2.75) is 57.8 Å². The lowest BCUT2D eigenvalue weighted by atomic mass is 9.84. The van der Waals surface area contributed by atoms with E-state index in [9.17, 15) is 18.8 Å². The Kier molecular flexibility index (Phi) is 5.43. The van der Waals surface area contributed by atoms with E-state index in [0.29, 0.717) is 18.7 Å². The highest BCUT2D eigenvalue weighted by Crippen LogP contribution is 2.39. The number of hydrogen-bond donors (Lipinski definition) is 2. The summed E-state index contributed by atoms with van der Waals surface area (Å²) in [7, 11) is 0. The average molecular weight is 391 g/mol. The summed E-state index contributed by atoms with van der Waals surface area (Å²) in [5.41, 5.74) is -0.833. The number of anilines is 1. The minimum Gasteiger partial charge on any atom is -0.447 e. The highest BCUT2D eigenvalue weighted by molar-refractivity contribution is 6.21. The van der Waals surface area contributed by atoms with Crippen LogP contribution in [0.5, 0.6) is 0 Å². The molecule has 1 aromatic carbocycles. The van der Waals surface area contributed by atoms with Crippen LogP contribution in [0.15, 0.2) is 24.3 Å². The number of halogens is 1. The molecule has 1 aromatic rings. The Morgan fingerprint density at radius 3 is 2.46 bits per heavy atom. The molecule has 2 N–H and O–H groups in total. The van der Waals surface area contributed by atoms with Gasteiger partial charge in [0, 0.05) is 18.7 Å². The molecular formula is C20H26FN3O4. The van der Waals surface area contributed by atoms with Gasteiger partial charge in [-0.25, -0.2) is 9.18 Å². The summed E-state index contributed by atoms with van der Waals surface area (Å²) in [5.74, 6) is -1.36. The molecule has 0 spiro atoms. The van der Waals surface area contributed by atoms with Crippen LogP contribution in [0.4, 0.5) is 14.9 Å². The number of amides is 2. The lowest BCUT2D eigenvalue weighted by molar-refractivity contribution is -0.136. The molecule has 0 aromatic heterocycles. The Balaban J connectivity index is 1.84. The van der Waals surface area contributed by atoms with Crippen molar-refractivity contribution in [3.8, 4) is 0 Å². The molecule has 0 unspecified atom stereocenters. The van der Waals surface area contributed by atoms with Crippen molar-refractivity contribution in [3.05, 3.63) is 30.1 Å². The van der Waals surface area contributed by atoms with Gasteiger partial charge in [0.1, 0.15) is 5.82 Å². The second-order valence-corrected chi connectivity index (χ2v) is 7.98. The third-order valence-corrected chi connectivity index (χ3v) is 5.22. The van der Waals surface area contributed by atoms with Gasteiger partial charge in [0.05, 0.1) is 18.2 Å². The SMILES string of the molecule is CC(C)OC(=O)N[C@H](C(=O)[C@]12C[C@@H](CN1)N(c1ccc(F)cc1)C2=O)C(C)C. The Morgan fingerprint density at radius 1 is 1.25 bits per heavy atom. The lowest BCUT2D eigenvalue weighted by Gasteiger charge is -2.35. The highest BCUT2D eigenvalue weighted by atomic mass is 19.1. The fourth-order valence-corrected chi connectivity index (χ4v) is 3.91. The van der Waals surface area contributed by atoms with Crippen LogP contribution < -0.4 is 15.5 Å². The van der Waals surface area contributed by atoms with Crippen molar-refractivity contribution in [1.82, 2.24) is 10.6 Å². The third-order valence-electron chi connectivity index (χ3n) is 5.22. The first kappa shape index (κ1) is 20.3. The molecule has 2 bridgehead atoms. The maximum atomic E-state index is 13.4. The van der Waals surface area contributed by atoms with Crippen LogP contribution in [-0.4, -0.2) is 48.1 Å². The van der Waals surface area contributed by atoms with Crippen LogP contribution >= 0.6 is 0 Å². The molecule has 7 nitrogen and oxygen atoms in total. The van der Waals surface area contributed by atoms with Crippen molar-refractivity contribution in [1.29, 1.82) is 0 Å². The first-order valence-electron chi connectivity index (χ1n) is 9.51. The van der Waals surface area contributed by atoms with Gasteiger partial charge in [-0.2, -0.15) is 0 Å². The standard InChI is InChI=1S/C20H26FN3O4/c1-11(2)16(23-19(27)28-12(3)4)17(25)20-9-15(10-22-20)24(18(20)26)14-7-5-13(21)6-8-14/h5-8,11-12,15-16,22H,9-10H2,1-4H3,(H,23,27)/t15-,16-,20-/m0/s1. The molecule has 0 radical (unpaired) electrons. The number of benzene rings is 1. The van der Waals surface area contributed by atoms with Crippen molar-refractivity contribution in [2.24, 2.45) is 5.92 Å². The zero-order valence-corrected chi connectivity index (χ0v) is 16.5. The van der Waals surface area contributed by atoms with Crippen LogP contribution in [0.3, 0.4) is 0 Å². The van der Waals surface area contributed by atoms with Gasteiger partial charge in [0.25, 0.3) is 5.91 Å². The quantitative estimate of drug-likeness (QED) is 0.725. The van der Waals surface area contributed by atoms with Crippen LogP contribution in [0.2, 0.25) is 0 Å². The molecule has 2 fully saturated rings. The maximum Gasteiger partial charge on any atom is 0.407 e. The summed E-state index contributed by atoms with van der Waals surface area (Å²) in [6, 6.07) is 4.58. The van der Waals surface area contributed by atoms with E-state index in [-0.39, 0.29) is 29.8 Å². The molecule has 2 heterocycles. The van der Waals surface area contributed by atoms with Gasteiger partial charge in [0.2, 0.25) is 0 Å². The monoisotopic (exact) mass is 391 g/mol. The van der Waals surface area contributed by atoms with Gasteiger partial charge < -0.3 is 15.0 Å². The van der Waals surface area contributed by atoms with Crippen LogP contribution in [-0.2, 0) is 14.3 Å². The lowest BCUT2D eigenvalue weighted by Crippen LogP contribution is -2.65. The number of carbonyl (C=O) groups excluding carboxylic acids is 3. The predicted octanol–water partition coefficient (Wildman–Crippen LogP) is 2.00. The summed E-state index contributed by atoms with van der Waals surface area (Å²) in [6.07, 6.45) is -0.697. The van der Waals surface area contributed by atoms with Gasteiger partial charge in [-0.05, 0) is 44.0 Å². The van der Waals surface area contributed by atoms with E-state index in [0.717, 1.165) is 0 Å². The van der Waals surface area contributed by atoms with Crippen molar-refractivity contribution in [2.75, 3.05) is 11.4 Å². The zero-order valence-electron chi connectivity index (χ0n) is 16.5. The number of nitrogens with zero attached hydrogens (tertiary/aromatic N) is 1. The maximum absolute atomic E-state index is 13.4. The van der Waals surface area contributed by atoms with Crippen molar-refractivity contribution in [3.63, 3.8) is 0 Å². The van der Waals surface area contributed by atoms with Crippen molar-refractivity contribution < 1.29 is 23.5 Å². The molecule has 3 atom stereocenters. The number of ketones is 1. The van der Waals surface area contributed by atoms with E-state index in [1.165, 1.54) is 24.3 Å². The van der Waals surface area contributed by atoms with E-state index in [1.54, 1.807) is 32.6 Å². The predicted molar refractivity (Wildman–Crippen MR) is 101 cm³/mol. The first-order chi connectivity index (χ1) is 13.2. The average Bonchev–Trinajstić information content (AvgIpc) is 3.17. The smallest absolute Gasteiger partial charge is 0.407 e. The third kappa shape index (κ3) is 3.48. The molecule has 3 rings (SSSR count). The fraction of sp³-hybridized carbons (Fsp3) is 0.550. The number of ether oxygens (including phenoxy) is 1. The minimum absolute atomic E-state index is 0.197. The second kappa shape index (κ2) is 7.50. The zero-order chi connectivity index (χ0) is 20.6. The summed E-state index contributed by atoms with van der Waals surface area (Å²) in [6.45, 7) is 7.50. The van der Waals surface area contributed by atoms with Crippen molar-refractivity contribution >= 4 is 23.5 Å². The number of piperazine rings is 1. The number of nitrogens with one attached hydrogen (secondary N) is 2. The molecule has 0 aliphatic carbocycles. The topological polar surface area (TPSA) is 87.7 Å². The molecule has 2 amide bonds. The van der Waals surface area contributed by atoms with Crippen LogP contribution in [0.25, 0.3) is 0 Å². The van der Waals surface area contributed by atoms with Gasteiger partial charge >= 0.3 is 6.09 Å². The Morgan fingerprint density at radius 2 is 1.89 bits per heavy atom. The molecule has 28 heavy (non-hydrogen) atoms. The van der Waals surface area contributed by atoms with Gasteiger partial charge in [-0.3, -0.25) is 14.9 Å². The van der Waals surface area contributed by atoms with Gasteiger partial charge in [-0.1, -0.05) is 13.8 Å². The van der Waals surface area contributed by atoms with E-state index in [4.69, 9.17) is 4.74 Å². The molecule has 0 saturated carbocycles. The number of rotatable bonds is 6. The van der Waals surface area contributed by atoms with E-state index < -0.39 is 23.5 Å². The number of alkyl carbamates (subject to hydrolysis) is 1. The molecule has 8 heteroatoms. The van der Waals surface area contributed by atoms with Crippen LogP contribution in [0.1, 0.15) is 34.1 Å². The summed E-state index contributed by atoms with van der Waals surface area (Å²) in [5, 5.41) is 5.69. The molecule has 2 saturated heterocycles. The van der Waals surface area contributed by atoms with E-state index in [1.807, 2.05) is 0 Å². The Bertz CT molecular complexity index is 780. The van der Waals surface area contributed by atoms with Crippen LogP contribution in [0, 0.1) is 11.7 Å². The summed E-state index contributed by atoms with van der Waals surface area (Å²) >= 11 is 0. The molecule has 152 valence electrons. The molecule has 2 aliphatic rings. The van der Waals surface area contributed by atoms with Gasteiger partial charge in [-0.15, -0.1) is 0 Å². The normalized spacial score (nSPS) is 24.8. The van der Waals surface area contributed by atoms with E-state index >= 15 is 0 Å².